The predicted octanol–water partition coefficient (Wildman–Crippen LogP) is 2.98. The zero-order chi connectivity index (χ0) is 35.2. The number of ether oxygens (including phenoxy) is 2. The minimum Gasteiger partial charge on any atom is -0.494 e. The molecule has 0 spiro atoms. The second-order valence-corrected chi connectivity index (χ2v) is 12.6. The number of carbonyl (C=O) groups is 2. The van der Waals surface area contributed by atoms with E-state index in [1.807, 2.05) is 0 Å². The number of nitrogens with two attached hydrogens (primary N) is 1. The minimum atomic E-state index is -2.24. The first-order valence-corrected chi connectivity index (χ1v) is 15.5. The summed E-state index contributed by atoms with van der Waals surface area (Å²) in [6.45, 7) is 0.691. The van der Waals surface area contributed by atoms with Crippen LogP contribution in [0.4, 0.5) is 8.78 Å². The highest BCUT2D eigenvalue weighted by atomic mass is 35.5. The number of halogens is 3. The number of hydrogen-bond donors (Lipinski definition) is 6. The van der Waals surface area contributed by atoms with Gasteiger partial charge in [-0.05, 0) is 50.1 Å². The fourth-order valence-corrected chi connectivity index (χ4v) is 5.67. The van der Waals surface area contributed by atoms with Crippen molar-refractivity contribution in [1.29, 1.82) is 5.41 Å². The van der Waals surface area contributed by atoms with Crippen molar-refractivity contribution in [3.05, 3.63) is 116 Å². The highest BCUT2D eigenvalue weighted by Gasteiger charge is 2.46. The number of primary amides is 1. The lowest BCUT2D eigenvalue weighted by Gasteiger charge is -2.30. The number of rotatable bonds is 10. The number of allylic oxidation sites excluding steroid dienone is 2. The van der Waals surface area contributed by atoms with Gasteiger partial charge in [0.1, 0.15) is 52.2 Å². The number of aromatic amines is 1. The van der Waals surface area contributed by atoms with E-state index in [1.54, 1.807) is 6.20 Å². The Kier molecular flexibility index (Phi) is 8.63. The highest BCUT2D eigenvalue weighted by Crippen LogP contribution is 2.47. The summed E-state index contributed by atoms with van der Waals surface area (Å²) < 4.78 is 40.6. The summed E-state index contributed by atoms with van der Waals surface area (Å²) >= 11 is 6.02. The van der Waals surface area contributed by atoms with Crippen LogP contribution < -0.4 is 26.7 Å². The van der Waals surface area contributed by atoms with Crippen LogP contribution in [-0.4, -0.2) is 58.9 Å². The van der Waals surface area contributed by atoms with E-state index >= 15 is 4.39 Å². The molecular weight excluding hydrogens is 662 g/mol. The Morgan fingerprint density at radius 2 is 2.02 bits per heavy atom. The molecular formula is C34H31ClF2N6O6. The molecule has 2 aliphatic carbocycles. The fourth-order valence-electron chi connectivity index (χ4n) is 5.51. The van der Waals surface area contributed by atoms with Gasteiger partial charge in [0.2, 0.25) is 11.5 Å². The number of fused-ring (bicyclic) bond motifs is 1. The molecule has 6 rings (SSSR count). The Morgan fingerprint density at radius 1 is 1.27 bits per heavy atom. The Bertz CT molecular complexity index is 2060. The molecule has 2 atom stereocenters. The van der Waals surface area contributed by atoms with Gasteiger partial charge in [-0.1, -0.05) is 11.6 Å². The lowest BCUT2D eigenvalue weighted by molar-refractivity contribution is -0.123. The van der Waals surface area contributed by atoms with E-state index in [4.69, 9.17) is 32.2 Å². The number of aromatic nitrogens is 2. The molecule has 1 aromatic carbocycles. The quantitative estimate of drug-likeness (QED) is 0.175. The third-order valence-electron chi connectivity index (χ3n) is 8.74. The summed E-state index contributed by atoms with van der Waals surface area (Å²) in [5, 5.41) is 26.4. The summed E-state index contributed by atoms with van der Waals surface area (Å²) in [6, 6.07) is 5.68. The number of methoxy groups -OCH3 is 1. The maximum Gasteiger partial charge on any atom is 0.251 e. The average molecular weight is 693 g/mol. The van der Waals surface area contributed by atoms with Gasteiger partial charge in [0.05, 0.1) is 24.4 Å². The molecule has 12 nitrogen and oxygen atoms in total. The monoisotopic (exact) mass is 692 g/mol. The van der Waals surface area contributed by atoms with E-state index in [1.165, 1.54) is 44.5 Å². The Labute approximate surface area is 283 Å². The lowest BCUT2D eigenvalue weighted by Crippen LogP contribution is -2.44. The molecule has 3 aromatic rings. The second-order valence-electron chi connectivity index (χ2n) is 12.2. The molecule has 1 aliphatic heterocycles. The molecule has 2 amide bonds. The molecule has 1 fully saturated rings. The molecule has 3 aliphatic rings. The topological polar surface area (TPSA) is 193 Å². The second kappa shape index (κ2) is 12.6. The van der Waals surface area contributed by atoms with E-state index < -0.39 is 51.6 Å². The molecule has 1 saturated carbocycles. The van der Waals surface area contributed by atoms with Crippen molar-refractivity contribution in [3.63, 3.8) is 0 Å². The summed E-state index contributed by atoms with van der Waals surface area (Å²) in [5.41, 5.74) is 1.66. The van der Waals surface area contributed by atoms with Gasteiger partial charge in [-0.25, -0.2) is 13.8 Å². The molecule has 0 unspecified atom stereocenters. The van der Waals surface area contributed by atoms with E-state index in [2.05, 4.69) is 20.6 Å². The average Bonchev–Trinajstić information content (AvgIpc) is 3.85. The third kappa shape index (κ3) is 6.20. The van der Waals surface area contributed by atoms with Gasteiger partial charge >= 0.3 is 0 Å². The zero-order valence-electron chi connectivity index (χ0n) is 26.2. The van der Waals surface area contributed by atoms with Crippen molar-refractivity contribution in [2.75, 3.05) is 20.3 Å². The Balaban J connectivity index is 1.47. The number of amides is 2. The molecule has 0 bridgehead atoms. The third-order valence-corrected chi connectivity index (χ3v) is 9.03. The van der Waals surface area contributed by atoms with Crippen LogP contribution in [0.25, 0.3) is 11.3 Å². The van der Waals surface area contributed by atoms with Crippen molar-refractivity contribution >= 4 is 29.1 Å². The van der Waals surface area contributed by atoms with E-state index in [-0.39, 0.29) is 57.5 Å². The summed E-state index contributed by atoms with van der Waals surface area (Å²) in [4.78, 5) is 45.4. The van der Waals surface area contributed by atoms with Crippen molar-refractivity contribution in [2.45, 2.75) is 36.8 Å². The number of aliphatic hydroxyl groups is 1. The number of carbonyl (C=O) groups excluding carboxylic acids is 2. The Morgan fingerprint density at radius 3 is 2.67 bits per heavy atom. The number of nitrogens with zero attached hydrogens (tertiary/aromatic N) is 1. The maximum atomic E-state index is 15.3. The van der Waals surface area contributed by atoms with E-state index in [0.717, 1.165) is 25.0 Å². The minimum absolute atomic E-state index is 0.0364. The van der Waals surface area contributed by atoms with Crippen LogP contribution in [0.15, 0.2) is 76.6 Å². The molecule has 7 N–H and O–H groups in total. The summed E-state index contributed by atoms with van der Waals surface area (Å²) in [6.07, 6.45) is 7.73. The van der Waals surface area contributed by atoms with Crippen LogP contribution in [0.5, 0.6) is 5.75 Å². The van der Waals surface area contributed by atoms with Gasteiger partial charge in [0.25, 0.3) is 5.91 Å². The van der Waals surface area contributed by atoms with Gasteiger partial charge in [0.15, 0.2) is 0 Å². The first-order valence-electron chi connectivity index (χ1n) is 15.1. The molecule has 2 aromatic heterocycles. The van der Waals surface area contributed by atoms with Crippen molar-refractivity contribution in [3.8, 4) is 17.0 Å². The number of nitrogens with one attached hydrogen (secondary N) is 4. The molecule has 254 valence electrons. The standard InChI is InChI=1S/C34H31ClF2N6O6/c1-33(32(39)46)15-49-30-21(33)10-26(43-29(30)20-9-22(35)24(37)11-23(20)36)34(47,18-3-6-27(44)41-13-18)14-42-31(45)16-7-17(12-40-19-4-5-19)28(38)25(8-16)48-2/h3,6-13,19,38,40,47H,4-5,14-15H2,1-2H3,(H2,39,46)(H,41,44)(H,42,45)/b17-12-,38-28?/t33-,34+/m0/s1. The van der Waals surface area contributed by atoms with Crippen molar-refractivity contribution < 1.29 is 33.0 Å². The molecule has 15 heteroatoms. The van der Waals surface area contributed by atoms with Gasteiger partial charge in [-0.15, -0.1) is 0 Å². The van der Waals surface area contributed by atoms with Gasteiger partial charge < -0.3 is 35.9 Å². The number of pyridine rings is 2. The van der Waals surface area contributed by atoms with Crippen LogP contribution in [0.3, 0.4) is 0 Å². The summed E-state index contributed by atoms with van der Waals surface area (Å²) in [5.74, 6) is -3.42. The maximum absolute atomic E-state index is 15.3. The first kappa shape index (κ1) is 33.6. The largest absolute Gasteiger partial charge is 0.494 e. The van der Waals surface area contributed by atoms with Gasteiger partial charge in [0, 0.05) is 58.4 Å². The highest BCUT2D eigenvalue weighted by molar-refractivity contribution is 6.31. The van der Waals surface area contributed by atoms with Crippen molar-refractivity contribution in [2.24, 2.45) is 5.73 Å². The normalized spacial score (nSPS) is 20.4. The van der Waals surface area contributed by atoms with Crippen LogP contribution >= 0.6 is 11.6 Å². The van der Waals surface area contributed by atoms with Crippen LogP contribution in [0, 0.1) is 17.0 Å². The molecule has 0 saturated heterocycles. The first-order chi connectivity index (χ1) is 23.2. The molecule has 3 heterocycles. The van der Waals surface area contributed by atoms with Crippen molar-refractivity contribution in [1.82, 2.24) is 20.6 Å². The van der Waals surface area contributed by atoms with Gasteiger partial charge in [-0.3, -0.25) is 19.8 Å². The van der Waals surface area contributed by atoms with Crippen LogP contribution in [-0.2, 0) is 25.3 Å². The number of benzene rings is 1. The number of hydrogen-bond acceptors (Lipinski definition) is 9. The van der Waals surface area contributed by atoms with E-state index in [9.17, 15) is 23.9 Å². The van der Waals surface area contributed by atoms with E-state index in [0.29, 0.717) is 17.7 Å². The van der Waals surface area contributed by atoms with Crippen LogP contribution in [0.2, 0.25) is 5.02 Å². The smallest absolute Gasteiger partial charge is 0.251 e. The van der Waals surface area contributed by atoms with Gasteiger partial charge in [-0.2, -0.15) is 0 Å². The summed E-state index contributed by atoms with van der Waals surface area (Å²) in [7, 11) is 1.37. The zero-order valence-corrected chi connectivity index (χ0v) is 27.0. The fraction of sp³-hybridized carbons (Fsp3) is 0.265. The molecule has 0 radical (unpaired) electrons. The van der Waals surface area contributed by atoms with Crippen LogP contribution in [0.1, 0.15) is 36.6 Å². The Hall–Kier alpha value is -5.34. The number of H-pyrrole nitrogens is 1. The lowest BCUT2D eigenvalue weighted by atomic mass is 9.81. The molecule has 49 heavy (non-hydrogen) atoms. The predicted molar refractivity (Wildman–Crippen MR) is 175 cm³/mol. The SMILES string of the molecule is COC1=CC(C(=O)NC[C@@](O)(c2ccc(=O)[nH]c2)c2cc3c(c(-c4cc(Cl)c(F)cc4F)n2)OC[C@]3(C)C(N)=O)=C/C(=C/NC2CC2)C1=N.